The minimum atomic E-state index is -0.501. The number of anilines is 1. The molecule has 10 nitrogen and oxygen atoms in total. The molecule has 10 heteroatoms. The van der Waals surface area contributed by atoms with Gasteiger partial charge in [0.15, 0.2) is 0 Å². The standard InChI is InChI=1S/C31H42N8O2/c1-21(39-20-29(35-36-39)28-17-32-16-27(34-28)23-10-11-23)26-13-12-24(15-33-26)37-14-6-9-25(19-37)38(18-22-7-5-8-22)30(40)41-31(2,3)4/h12-13,15-17,20-23,25H,5-11,14,18-19H2,1-4H3/t21?,25-/m1/s1. The number of hydrogen-bond acceptors (Lipinski definition) is 8. The van der Waals surface area contributed by atoms with Gasteiger partial charge in [0, 0.05) is 31.7 Å². The first-order valence-electron chi connectivity index (χ1n) is 15.2. The molecule has 3 aromatic heterocycles. The van der Waals surface area contributed by atoms with Crippen molar-refractivity contribution in [1.29, 1.82) is 0 Å². The third-order valence-electron chi connectivity index (χ3n) is 8.53. The normalized spacial score (nSPS) is 20.4. The van der Waals surface area contributed by atoms with Crippen LogP contribution in [0.2, 0.25) is 0 Å². The van der Waals surface area contributed by atoms with E-state index in [1.807, 2.05) is 48.9 Å². The predicted molar refractivity (Wildman–Crippen MR) is 157 cm³/mol. The van der Waals surface area contributed by atoms with Crippen LogP contribution >= 0.6 is 0 Å². The Morgan fingerprint density at radius 2 is 1.90 bits per heavy atom. The first-order chi connectivity index (χ1) is 19.7. The average Bonchev–Trinajstić information content (AvgIpc) is 3.67. The molecule has 2 saturated carbocycles. The van der Waals surface area contributed by atoms with Gasteiger partial charge in [-0.1, -0.05) is 11.6 Å². The van der Waals surface area contributed by atoms with Crippen LogP contribution in [0.3, 0.4) is 0 Å². The van der Waals surface area contributed by atoms with Gasteiger partial charge in [-0.15, -0.1) is 5.10 Å². The highest BCUT2D eigenvalue weighted by atomic mass is 16.6. The van der Waals surface area contributed by atoms with Gasteiger partial charge >= 0.3 is 6.09 Å². The summed E-state index contributed by atoms with van der Waals surface area (Å²) in [5.74, 6) is 1.13. The lowest BCUT2D eigenvalue weighted by atomic mass is 9.84. The Morgan fingerprint density at radius 3 is 2.59 bits per heavy atom. The number of pyridine rings is 1. The minimum absolute atomic E-state index is 0.0795. The van der Waals surface area contributed by atoms with Crippen LogP contribution in [0.15, 0.2) is 36.9 Å². The molecule has 1 amide bonds. The Labute approximate surface area is 242 Å². The molecule has 1 saturated heterocycles. The number of aromatic nitrogens is 6. The summed E-state index contributed by atoms with van der Waals surface area (Å²) in [6.07, 6.45) is 15.3. The molecule has 0 spiro atoms. The molecule has 3 aliphatic rings. The van der Waals surface area contributed by atoms with Crippen molar-refractivity contribution in [3.63, 3.8) is 0 Å². The van der Waals surface area contributed by atoms with Crippen molar-refractivity contribution < 1.29 is 9.53 Å². The molecule has 0 aromatic carbocycles. The molecule has 1 aliphatic heterocycles. The molecule has 2 atom stereocenters. The Kier molecular flexibility index (Phi) is 7.66. The molecule has 0 N–H and O–H groups in total. The Bertz CT molecular complexity index is 1340. The first kappa shape index (κ1) is 27.6. The monoisotopic (exact) mass is 558 g/mol. The van der Waals surface area contributed by atoms with E-state index in [9.17, 15) is 4.79 Å². The van der Waals surface area contributed by atoms with Gasteiger partial charge in [-0.2, -0.15) is 0 Å². The summed E-state index contributed by atoms with van der Waals surface area (Å²) in [5, 5.41) is 8.75. The number of ether oxygens (including phenoxy) is 1. The van der Waals surface area contributed by atoms with Crippen LogP contribution in [0, 0.1) is 5.92 Å². The van der Waals surface area contributed by atoms with E-state index in [2.05, 4.69) is 39.3 Å². The highest BCUT2D eigenvalue weighted by molar-refractivity contribution is 5.69. The van der Waals surface area contributed by atoms with Crippen LogP contribution in [-0.2, 0) is 4.74 Å². The van der Waals surface area contributed by atoms with E-state index < -0.39 is 5.60 Å². The van der Waals surface area contributed by atoms with Gasteiger partial charge in [0.2, 0.25) is 0 Å². The van der Waals surface area contributed by atoms with Crippen LogP contribution in [0.1, 0.15) is 96.0 Å². The van der Waals surface area contributed by atoms with Crippen molar-refractivity contribution in [3.05, 3.63) is 48.3 Å². The van der Waals surface area contributed by atoms with Crippen LogP contribution in [0.5, 0.6) is 0 Å². The SMILES string of the molecule is CC(c1ccc(N2CCC[C@@H](N(CC3CCC3)C(=O)OC(C)(C)C)C2)cn1)n1cc(-c2cncc(C3CC3)n2)nn1. The van der Waals surface area contributed by atoms with Crippen molar-refractivity contribution in [2.75, 3.05) is 24.5 Å². The summed E-state index contributed by atoms with van der Waals surface area (Å²) in [7, 11) is 0. The number of nitrogens with zero attached hydrogens (tertiary/aromatic N) is 8. The number of rotatable bonds is 8. The first-order valence-corrected chi connectivity index (χ1v) is 15.2. The number of hydrogen-bond donors (Lipinski definition) is 0. The maximum Gasteiger partial charge on any atom is 0.410 e. The fraction of sp³-hybridized carbons (Fsp3) is 0.613. The lowest BCUT2D eigenvalue weighted by Gasteiger charge is -2.43. The summed E-state index contributed by atoms with van der Waals surface area (Å²) in [4.78, 5) is 31.5. The summed E-state index contributed by atoms with van der Waals surface area (Å²) in [6.45, 7) is 10.4. The van der Waals surface area contributed by atoms with Gasteiger partial charge < -0.3 is 14.5 Å². The maximum absolute atomic E-state index is 13.2. The minimum Gasteiger partial charge on any atom is -0.444 e. The topological polar surface area (TPSA) is 102 Å². The largest absolute Gasteiger partial charge is 0.444 e. The predicted octanol–water partition coefficient (Wildman–Crippen LogP) is 5.62. The lowest BCUT2D eigenvalue weighted by molar-refractivity contribution is 0.00736. The van der Waals surface area contributed by atoms with E-state index in [-0.39, 0.29) is 18.2 Å². The smallest absolute Gasteiger partial charge is 0.410 e. The molecule has 218 valence electrons. The molecule has 6 rings (SSSR count). The fourth-order valence-corrected chi connectivity index (χ4v) is 5.72. The molecule has 4 heterocycles. The van der Waals surface area contributed by atoms with Crippen molar-refractivity contribution in [2.24, 2.45) is 5.92 Å². The van der Waals surface area contributed by atoms with E-state index in [0.29, 0.717) is 11.8 Å². The van der Waals surface area contributed by atoms with E-state index in [1.165, 1.54) is 32.1 Å². The van der Waals surface area contributed by atoms with Crippen molar-refractivity contribution in [1.82, 2.24) is 34.8 Å². The van der Waals surface area contributed by atoms with E-state index in [1.54, 1.807) is 6.20 Å². The highest BCUT2D eigenvalue weighted by Crippen LogP contribution is 2.39. The third-order valence-corrected chi connectivity index (χ3v) is 8.53. The Balaban J connectivity index is 1.12. The van der Waals surface area contributed by atoms with Crippen LogP contribution in [-0.4, -0.2) is 72.2 Å². The van der Waals surface area contributed by atoms with Gasteiger partial charge in [0.25, 0.3) is 0 Å². The number of amides is 1. The zero-order valence-corrected chi connectivity index (χ0v) is 24.7. The molecule has 2 aliphatic carbocycles. The Hall–Kier alpha value is -3.56. The number of carbonyl (C=O) groups excluding carboxylic acids is 1. The second-order valence-electron chi connectivity index (χ2n) is 13.0. The Morgan fingerprint density at radius 1 is 1.07 bits per heavy atom. The molecule has 41 heavy (non-hydrogen) atoms. The van der Waals surface area contributed by atoms with E-state index in [0.717, 1.165) is 60.9 Å². The van der Waals surface area contributed by atoms with Gasteiger partial charge in [-0.3, -0.25) is 9.97 Å². The number of carbonyl (C=O) groups is 1. The highest BCUT2D eigenvalue weighted by Gasteiger charge is 2.34. The van der Waals surface area contributed by atoms with E-state index >= 15 is 0 Å². The molecular formula is C31H42N8O2. The molecule has 0 radical (unpaired) electrons. The van der Waals surface area contributed by atoms with Crippen LogP contribution < -0.4 is 4.90 Å². The average molecular weight is 559 g/mol. The molecular weight excluding hydrogens is 516 g/mol. The van der Waals surface area contributed by atoms with Crippen molar-refractivity contribution in [3.8, 4) is 11.4 Å². The van der Waals surface area contributed by atoms with Crippen molar-refractivity contribution >= 4 is 11.8 Å². The second-order valence-corrected chi connectivity index (χ2v) is 13.0. The quantitative estimate of drug-likeness (QED) is 0.351. The summed E-state index contributed by atoms with van der Waals surface area (Å²) in [5.41, 5.74) is 4.01. The van der Waals surface area contributed by atoms with Crippen LogP contribution in [0.25, 0.3) is 11.4 Å². The van der Waals surface area contributed by atoms with Gasteiger partial charge in [0.05, 0.1) is 47.7 Å². The number of piperidine rings is 1. The van der Waals surface area contributed by atoms with E-state index in [4.69, 9.17) is 14.7 Å². The summed E-state index contributed by atoms with van der Waals surface area (Å²) >= 11 is 0. The third kappa shape index (κ3) is 6.52. The zero-order chi connectivity index (χ0) is 28.6. The fourth-order valence-electron chi connectivity index (χ4n) is 5.72. The lowest BCUT2D eigenvalue weighted by Crippen LogP contribution is -2.53. The summed E-state index contributed by atoms with van der Waals surface area (Å²) in [6, 6.07) is 4.25. The zero-order valence-electron chi connectivity index (χ0n) is 24.7. The summed E-state index contributed by atoms with van der Waals surface area (Å²) < 4.78 is 7.66. The van der Waals surface area contributed by atoms with Crippen LogP contribution in [0.4, 0.5) is 10.5 Å². The molecule has 3 fully saturated rings. The molecule has 0 bridgehead atoms. The second kappa shape index (κ2) is 11.4. The van der Waals surface area contributed by atoms with Gasteiger partial charge in [-0.25, -0.2) is 14.5 Å². The maximum atomic E-state index is 13.2. The van der Waals surface area contributed by atoms with Gasteiger partial charge in [0.1, 0.15) is 17.0 Å². The van der Waals surface area contributed by atoms with Crippen molar-refractivity contribution in [2.45, 2.75) is 96.2 Å². The molecule has 1 unspecified atom stereocenters. The van der Waals surface area contributed by atoms with Gasteiger partial charge in [-0.05, 0) is 84.3 Å². The molecule has 3 aromatic rings.